The highest BCUT2D eigenvalue weighted by molar-refractivity contribution is 7.27. The molecule has 0 bridgehead atoms. The van der Waals surface area contributed by atoms with E-state index in [4.69, 9.17) is 0 Å². The Morgan fingerprint density at radius 2 is 1.81 bits per heavy atom. The summed E-state index contributed by atoms with van der Waals surface area (Å²) in [5.74, 6) is 0.744. The second-order valence-electron chi connectivity index (χ2n) is 10.6. The van der Waals surface area contributed by atoms with Gasteiger partial charge in [-0.15, -0.1) is 9.24 Å². The summed E-state index contributed by atoms with van der Waals surface area (Å²) in [6.07, 6.45) is 6.95. The van der Waals surface area contributed by atoms with Gasteiger partial charge in [0.1, 0.15) is 0 Å². The van der Waals surface area contributed by atoms with Crippen molar-refractivity contribution >= 4 is 26.5 Å². The lowest BCUT2D eigenvalue weighted by Crippen LogP contribution is -2.55. The second kappa shape index (κ2) is 8.95. The lowest BCUT2D eigenvalue weighted by atomic mass is 9.68. The number of hydrogen-bond donors (Lipinski definition) is 0. The first-order valence-electron chi connectivity index (χ1n) is 12.0. The molecule has 3 aliphatic rings. The van der Waals surface area contributed by atoms with Crippen molar-refractivity contribution in [2.75, 3.05) is 47.8 Å². The van der Waals surface area contributed by atoms with Gasteiger partial charge in [0.25, 0.3) is 0 Å². The summed E-state index contributed by atoms with van der Waals surface area (Å²) in [6, 6.07) is 8.97. The molecule has 1 aromatic carbocycles. The minimum absolute atomic E-state index is 0.000433. The number of amides is 3. The summed E-state index contributed by atoms with van der Waals surface area (Å²) in [7, 11) is 10.8. The average Bonchev–Trinajstić information content (AvgIpc) is 3.54. The van der Waals surface area contributed by atoms with Gasteiger partial charge in [-0.2, -0.15) is 0 Å². The maximum Gasteiger partial charge on any atom is 0.320 e. The Morgan fingerprint density at radius 1 is 1.12 bits per heavy atom. The van der Waals surface area contributed by atoms with Crippen LogP contribution in [-0.4, -0.2) is 84.9 Å². The Kier molecular flexibility index (Phi) is 6.57. The molecule has 4 rings (SSSR count). The van der Waals surface area contributed by atoms with Crippen LogP contribution < -0.4 is 5.30 Å². The molecule has 176 valence electrons. The molecule has 0 aromatic heterocycles. The van der Waals surface area contributed by atoms with E-state index in [1.165, 1.54) is 23.7 Å². The predicted molar refractivity (Wildman–Crippen MR) is 132 cm³/mol. The van der Waals surface area contributed by atoms with Crippen LogP contribution in [-0.2, 0) is 10.3 Å². The minimum Gasteiger partial charge on any atom is -0.349 e. The molecule has 6 nitrogen and oxygen atoms in total. The molecule has 32 heavy (non-hydrogen) atoms. The maximum absolute atomic E-state index is 13.4. The molecule has 1 unspecified atom stereocenters. The molecule has 1 spiro atoms. The van der Waals surface area contributed by atoms with E-state index in [0.29, 0.717) is 18.9 Å². The van der Waals surface area contributed by atoms with Gasteiger partial charge in [-0.25, -0.2) is 4.79 Å². The third-order valence-electron chi connectivity index (χ3n) is 8.08. The fourth-order valence-corrected chi connectivity index (χ4v) is 6.01. The van der Waals surface area contributed by atoms with Crippen LogP contribution in [0.5, 0.6) is 0 Å². The Hall–Kier alpha value is -1.65. The normalized spacial score (nSPS) is 28.1. The van der Waals surface area contributed by atoms with Gasteiger partial charge in [-0.3, -0.25) is 9.69 Å². The SMILES string of the molecule is CN(C)C(=O)CCN1C[C@]2(CC[C@](c3cccc(P)c3)(N(C)C)CC2)N(CC2CC2)C1=O. The van der Waals surface area contributed by atoms with Gasteiger partial charge in [0.15, 0.2) is 0 Å². The van der Waals surface area contributed by atoms with E-state index < -0.39 is 0 Å². The van der Waals surface area contributed by atoms with Crippen molar-refractivity contribution < 1.29 is 9.59 Å². The van der Waals surface area contributed by atoms with E-state index in [1.54, 1.807) is 19.0 Å². The second-order valence-corrected chi connectivity index (χ2v) is 11.2. The molecule has 2 saturated carbocycles. The van der Waals surface area contributed by atoms with Gasteiger partial charge in [0, 0.05) is 45.7 Å². The summed E-state index contributed by atoms with van der Waals surface area (Å²) in [5, 5.41) is 1.21. The van der Waals surface area contributed by atoms with E-state index >= 15 is 0 Å². The van der Waals surface area contributed by atoms with Crippen molar-refractivity contribution in [2.45, 2.75) is 56.0 Å². The molecule has 1 aromatic rings. The van der Waals surface area contributed by atoms with Crippen LogP contribution in [0.1, 0.15) is 50.5 Å². The molecule has 0 N–H and O–H groups in total. The molecular weight excluding hydrogens is 419 g/mol. The van der Waals surface area contributed by atoms with Crippen LogP contribution in [0.4, 0.5) is 4.79 Å². The van der Waals surface area contributed by atoms with Crippen LogP contribution in [0.25, 0.3) is 0 Å². The van der Waals surface area contributed by atoms with Crippen LogP contribution in [0.15, 0.2) is 24.3 Å². The van der Waals surface area contributed by atoms with Crippen molar-refractivity contribution in [1.82, 2.24) is 19.6 Å². The summed E-state index contributed by atoms with van der Waals surface area (Å²) < 4.78 is 0. The zero-order valence-corrected chi connectivity index (χ0v) is 21.3. The number of rotatable bonds is 7. The Balaban J connectivity index is 1.55. The Labute approximate surface area is 195 Å². The monoisotopic (exact) mass is 458 g/mol. The van der Waals surface area contributed by atoms with Gasteiger partial charge in [0.2, 0.25) is 5.91 Å². The fraction of sp³-hybridized carbons (Fsp3) is 0.680. The topological polar surface area (TPSA) is 47.1 Å². The van der Waals surface area contributed by atoms with Crippen molar-refractivity contribution in [2.24, 2.45) is 5.92 Å². The molecule has 1 aliphatic heterocycles. The smallest absolute Gasteiger partial charge is 0.320 e. The number of hydrogen-bond acceptors (Lipinski definition) is 3. The molecular formula is C25H39N4O2P. The lowest BCUT2D eigenvalue weighted by Gasteiger charge is -2.51. The largest absolute Gasteiger partial charge is 0.349 e. The first kappa shape index (κ1) is 23.5. The summed E-state index contributed by atoms with van der Waals surface area (Å²) in [6.45, 7) is 2.16. The van der Waals surface area contributed by atoms with Crippen molar-refractivity contribution in [3.05, 3.63) is 29.8 Å². The van der Waals surface area contributed by atoms with E-state index in [1.807, 2.05) is 4.90 Å². The number of carbonyl (C=O) groups is 2. The minimum atomic E-state index is -0.0983. The summed E-state index contributed by atoms with van der Waals surface area (Å²) >= 11 is 0. The van der Waals surface area contributed by atoms with E-state index in [-0.39, 0.29) is 23.0 Å². The third-order valence-corrected chi connectivity index (χ3v) is 8.44. The number of benzene rings is 1. The highest BCUT2D eigenvalue weighted by atomic mass is 31.0. The van der Waals surface area contributed by atoms with Crippen molar-refractivity contribution in [3.8, 4) is 0 Å². The van der Waals surface area contributed by atoms with Gasteiger partial charge in [-0.05, 0) is 75.5 Å². The standard InChI is InChI=1S/C25H39N4O2P/c1-26(2)22(30)10-15-28-18-24(29(23(28)31)17-19-8-9-19)11-13-25(14-12-24,27(3)4)20-6-5-7-21(32)16-20/h5-7,16,19H,8-15,17-18,32H2,1-4H3/t24-,25+. The zero-order valence-electron chi connectivity index (χ0n) is 20.1. The van der Waals surface area contributed by atoms with Gasteiger partial charge in [0.05, 0.1) is 5.54 Å². The van der Waals surface area contributed by atoms with Crippen LogP contribution in [0, 0.1) is 5.92 Å². The van der Waals surface area contributed by atoms with E-state index in [0.717, 1.165) is 38.8 Å². The molecule has 3 fully saturated rings. The van der Waals surface area contributed by atoms with E-state index in [9.17, 15) is 9.59 Å². The average molecular weight is 459 g/mol. The molecule has 7 heteroatoms. The Bertz CT molecular complexity index is 859. The molecule has 2 aliphatic carbocycles. The molecule has 0 radical (unpaired) electrons. The molecule has 1 atom stereocenters. The fourth-order valence-electron chi connectivity index (χ4n) is 5.72. The first-order chi connectivity index (χ1) is 15.2. The maximum atomic E-state index is 13.4. The number of nitrogens with zero attached hydrogens (tertiary/aromatic N) is 4. The van der Waals surface area contributed by atoms with Crippen LogP contribution in [0.3, 0.4) is 0 Å². The third kappa shape index (κ3) is 4.41. The quantitative estimate of drug-likeness (QED) is 0.591. The summed E-state index contributed by atoms with van der Waals surface area (Å²) in [5.41, 5.74) is 1.27. The molecule has 3 amide bonds. The van der Waals surface area contributed by atoms with Crippen LogP contribution in [0.2, 0.25) is 0 Å². The highest BCUT2D eigenvalue weighted by Gasteiger charge is 2.55. The van der Waals surface area contributed by atoms with Gasteiger partial charge >= 0.3 is 6.03 Å². The number of carbonyl (C=O) groups excluding carboxylic acids is 2. The first-order valence-corrected chi connectivity index (χ1v) is 12.5. The van der Waals surface area contributed by atoms with Crippen molar-refractivity contribution in [1.29, 1.82) is 0 Å². The molecule has 1 heterocycles. The van der Waals surface area contributed by atoms with Crippen molar-refractivity contribution in [3.63, 3.8) is 0 Å². The van der Waals surface area contributed by atoms with Crippen LogP contribution >= 0.6 is 9.24 Å². The Morgan fingerprint density at radius 3 is 2.38 bits per heavy atom. The van der Waals surface area contributed by atoms with E-state index in [2.05, 4.69) is 57.4 Å². The highest BCUT2D eigenvalue weighted by Crippen LogP contribution is 2.49. The number of urea groups is 1. The molecule has 1 saturated heterocycles. The van der Waals surface area contributed by atoms with Gasteiger partial charge < -0.3 is 14.7 Å². The van der Waals surface area contributed by atoms with Gasteiger partial charge in [-0.1, -0.05) is 18.2 Å². The summed E-state index contributed by atoms with van der Waals surface area (Å²) in [4.78, 5) is 33.8. The predicted octanol–water partition coefficient (Wildman–Crippen LogP) is 2.88. The lowest BCUT2D eigenvalue weighted by molar-refractivity contribution is -0.128. The zero-order chi connectivity index (χ0) is 23.1.